The van der Waals surface area contributed by atoms with Crippen molar-refractivity contribution >= 4 is 94.4 Å². The Kier molecular flexibility index (Phi) is 99.6. The molecule has 1 N–H and O–H groups in total. The maximum atomic E-state index is 0. The molecule has 4 heteroatoms. The van der Waals surface area contributed by atoms with Crippen LogP contribution < -0.4 is 0 Å². The molecule has 0 bridgehead atoms. The van der Waals surface area contributed by atoms with E-state index in [4.69, 9.17) is 0 Å². The molecule has 0 aliphatic rings. The Balaban J connectivity index is 0. The van der Waals surface area contributed by atoms with E-state index in [0.29, 0.717) is 0 Å². The summed E-state index contributed by atoms with van der Waals surface area (Å²) in [5.41, 5.74) is 0. The zero-order valence-electron chi connectivity index (χ0n) is 1.89. The number of hydrogen-bond acceptors (Lipinski definition) is 1. The van der Waals surface area contributed by atoms with E-state index in [1.165, 1.54) is 0 Å². The second kappa shape index (κ2) is 15.9. The van der Waals surface area contributed by atoms with Gasteiger partial charge in [-0.2, -0.15) is 0 Å². The summed E-state index contributed by atoms with van der Waals surface area (Å²) >= 11 is 0. The van der Waals surface area contributed by atoms with Crippen molar-refractivity contribution in [2.45, 2.75) is 0 Å². The third-order valence-electron chi connectivity index (χ3n) is 0. The molecule has 0 heterocycles. The first-order valence-electron chi connectivity index (χ1n) is 0. The molecule has 0 aromatic rings. The van der Waals surface area contributed by atoms with Gasteiger partial charge in [-0.3, -0.25) is 0 Å². The predicted octanol–water partition coefficient (Wildman–Crippen LogP) is -1.74. The summed E-state index contributed by atoms with van der Waals surface area (Å²) in [5, 5.41) is 0. The molecule has 0 saturated carbocycles. The molecule has 1 nitrogen and oxygen atoms in total. The molecule has 4 heavy (non-hydrogen) atoms. The summed E-state index contributed by atoms with van der Waals surface area (Å²) in [6.07, 6.45) is 0. The van der Waals surface area contributed by atoms with E-state index in [-0.39, 0.29) is 122 Å². The summed E-state index contributed by atoms with van der Waals surface area (Å²) in [5.74, 6) is 0. The van der Waals surface area contributed by atoms with Crippen LogP contribution in [0.15, 0.2) is 0 Å². The third kappa shape index (κ3) is 9.23. The average molecular weight is 338 g/mol. The van der Waals surface area contributed by atoms with Crippen molar-refractivity contribution in [3.8, 4) is 0 Å². The van der Waals surface area contributed by atoms with E-state index in [9.17, 15) is 0 Å². The Bertz CT molecular complexity index is 8.00. The topological polar surface area (TPSA) is 30.0 Å². The second-order valence-corrected chi connectivity index (χ2v) is 0. The van der Waals surface area contributed by atoms with Crippen LogP contribution in [0.1, 0.15) is 0 Å². The Labute approximate surface area is 118 Å². The van der Waals surface area contributed by atoms with Crippen molar-refractivity contribution in [1.82, 2.24) is 0 Å². The summed E-state index contributed by atoms with van der Waals surface area (Å²) in [6, 6.07) is 0. The van der Waals surface area contributed by atoms with Crippen molar-refractivity contribution in [3.63, 3.8) is 0 Å². The van der Waals surface area contributed by atoms with Gasteiger partial charge in [0.05, 0.1) is 0 Å². The second-order valence-electron chi connectivity index (χ2n) is 0. The third-order valence-corrected chi connectivity index (χ3v) is 0. The van der Waals surface area contributed by atoms with Gasteiger partial charge in [0.15, 0.2) is 0 Å². The molecule has 0 fully saturated rings. The van der Waals surface area contributed by atoms with Crippen molar-refractivity contribution in [2.24, 2.45) is 0 Å². The molecule has 0 rings (SSSR count). The van der Waals surface area contributed by atoms with Gasteiger partial charge in [0.2, 0.25) is 0 Å². The quantitative estimate of drug-likeness (QED) is 0.483. The predicted molar refractivity (Wildman–Crippen MR) is 17.6 cm³/mol. The van der Waals surface area contributed by atoms with E-state index in [2.05, 4.69) is 0 Å². The zero-order valence-corrected chi connectivity index (χ0v) is 10.4. The normalized spacial score (nSPS) is 0. The molecule has 19 valence electrons. The molecule has 0 spiro atoms. The zero-order chi connectivity index (χ0) is 0. The van der Waals surface area contributed by atoms with Gasteiger partial charge in [-0.25, -0.2) is 0 Å². The molecule has 0 aliphatic heterocycles. The Morgan fingerprint density at radius 2 is 1.00 bits per heavy atom. The first-order chi connectivity index (χ1) is 0. The van der Waals surface area contributed by atoms with Crippen LogP contribution >= 0.6 is 0 Å². The van der Waals surface area contributed by atoms with Crippen LogP contribution in [-0.4, -0.2) is 99.8 Å². The van der Waals surface area contributed by atoms with Crippen molar-refractivity contribution in [3.05, 3.63) is 0 Å². The Morgan fingerprint density at radius 3 is 1.00 bits per heavy atom. The van der Waals surface area contributed by atoms with E-state index >= 15 is 0 Å². The van der Waals surface area contributed by atoms with Crippen LogP contribution in [0.4, 0.5) is 0 Å². The van der Waals surface area contributed by atoms with Crippen LogP contribution in [0.2, 0.25) is 0 Å². The fourth-order valence-corrected chi connectivity index (χ4v) is 0. The van der Waals surface area contributed by atoms with Gasteiger partial charge in [-0.15, -0.1) is 0 Å². The van der Waals surface area contributed by atoms with Gasteiger partial charge >= 0.3 is 94.4 Å². The van der Waals surface area contributed by atoms with Gasteiger partial charge in [-0.05, 0) is 0 Å². The molecule has 0 unspecified atom stereocenters. The molecular formula is H4BaNbOSr. The van der Waals surface area contributed by atoms with Gasteiger partial charge in [-0.1, -0.05) is 0 Å². The molecule has 0 aliphatic carbocycles. The maximum absolute atomic E-state index is 0. The average Bonchev–Trinajstić information content (AvgIpc) is 0. The van der Waals surface area contributed by atoms with Gasteiger partial charge in [0.25, 0.3) is 0 Å². The van der Waals surface area contributed by atoms with Crippen LogP contribution in [0.3, 0.4) is 0 Å². The SMILES string of the molecule is [BaH+].[Nb].[OH-].[SrH2]. The van der Waals surface area contributed by atoms with Crippen LogP contribution in [0, 0.1) is 0 Å². The summed E-state index contributed by atoms with van der Waals surface area (Å²) < 4.78 is 0. The molecule has 0 saturated heterocycles. The van der Waals surface area contributed by atoms with E-state index in [0.717, 1.165) is 0 Å². The van der Waals surface area contributed by atoms with Crippen molar-refractivity contribution < 1.29 is 27.9 Å². The number of rotatable bonds is 0. The van der Waals surface area contributed by atoms with E-state index in [1.54, 1.807) is 0 Å². The first-order valence-corrected chi connectivity index (χ1v) is 0. The Hall–Kier alpha value is 3.75. The molecule has 0 aromatic heterocycles. The van der Waals surface area contributed by atoms with Crippen LogP contribution in [0.25, 0.3) is 0 Å². The number of hydrogen-bond donors (Lipinski definition) is 0. The molecule has 0 aromatic carbocycles. The minimum absolute atomic E-state index is 0. The molecular weight excluding hydrogens is 334 g/mol. The van der Waals surface area contributed by atoms with Gasteiger partial charge in [0, 0.05) is 22.4 Å². The minimum atomic E-state index is 0. The van der Waals surface area contributed by atoms with Crippen LogP contribution in [0.5, 0.6) is 0 Å². The van der Waals surface area contributed by atoms with E-state index in [1.807, 2.05) is 0 Å². The summed E-state index contributed by atoms with van der Waals surface area (Å²) in [7, 11) is 0. The van der Waals surface area contributed by atoms with Crippen molar-refractivity contribution in [2.75, 3.05) is 0 Å². The summed E-state index contributed by atoms with van der Waals surface area (Å²) in [4.78, 5) is 0. The molecule has 1 radical (unpaired) electrons. The molecule has 0 atom stereocenters. The van der Waals surface area contributed by atoms with Crippen LogP contribution in [-0.2, 0) is 22.4 Å². The monoisotopic (exact) mass is 339 g/mol. The van der Waals surface area contributed by atoms with Gasteiger partial charge < -0.3 is 5.48 Å². The Morgan fingerprint density at radius 1 is 1.00 bits per heavy atom. The first kappa shape index (κ1) is 25.1. The van der Waals surface area contributed by atoms with Gasteiger partial charge in [0.1, 0.15) is 0 Å². The van der Waals surface area contributed by atoms with Crippen molar-refractivity contribution in [1.29, 1.82) is 0 Å². The summed E-state index contributed by atoms with van der Waals surface area (Å²) in [6.45, 7) is 0. The standard InChI is InChI=1S/Ba.Nb.H2O.Sr.3H/h;;1H2;;;;/q+1;;;;;;/p-1. The van der Waals surface area contributed by atoms with E-state index < -0.39 is 0 Å². The molecule has 0 amide bonds. The fraction of sp³-hybridized carbons (Fsp3) is 0. The fourth-order valence-electron chi connectivity index (χ4n) is 0.